The van der Waals surface area contributed by atoms with E-state index in [4.69, 9.17) is 5.11 Å². The van der Waals surface area contributed by atoms with Gasteiger partial charge in [-0.1, -0.05) is 19.9 Å². The first-order valence-corrected chi connectivity index (χ1v) is 8.15. The van der Waals surface area contributed by atoms with Gasteiger partial charge in [0.15, 0.2) is 0 Å². The van der Waals surface area contributed by atoms with E-state index in [2.05, 4.69) is 21.7 Å². The van der Waals surface area contributed by atoms with Crippen LogP contribution in [-0.2, 0) is 4.79 Å². The second kappa shape index (κ2) is 8.62. The Morgan fingerprint density at radius 1 is 1.19 bits per heavy atom. The van der Waals surface area contributed by atoms with Crippen molar-refractivity contribution in [2.24, 2.45) is 5.92 Å². The van der Waals surface area contributed by atoms with Crippen molar-refractivity contribution < 1.29 is 14.7 Å². The number of anilines is 1. The van der Waals surface area contributed by atoms with E-state index in [0.29, 0.717) is 17.7 Å². The minimum absolute atomic E-state index is 0.127. The second-order valence-electron chi connectivity index (χ2n) is 6.23. The number of hydrogen-bond donors (Lipinski definition) is 3. The summed E-state index contributed by atoms with van der Waals surface area (Å²) in [6, 6.07) is 9.92. The van der Waals surface area contributed by atoms with Crippen LogP contribution in [0.15, 0.2) is 42.7 Å². The molecule has 2 aromatic rings. The van der Waals surface area contributed by atoms with Gasteiger partial charge in [0.05, 0.1) is 11.3 Å². The molecule has 0 bridgehead atoms. The minimum Gasteiger partial charge on any atom is -0.465 e. The summed E-state index contributed by atoms with van der Waals surface area (Å²) >= 11 is 0. The van der Waals surface area contributed by atoms with E-state index in [1.54, 1.807) is 30.6 Å². The molecule has 3 N–H and O–H groups in total. The number of carbonyl (C=O) groups excluding carboxylic acids is 1. The van der Waals surface area contributed by atoms with E-state index in [-0.39, 0.29) is 5.92 Å². The molecule has 0 fully saturated rings. The van der Waals surface area contributed by atoms with E-state index in [9.17, 15) is 14.9 Å². The molecule has 134 valence electrons. The molecule has 1 aromatic heterocycles. The Bertz CT molecular complexity index is 828. The van der Waals surface area contributed by atoms with Gasteiger partial charge in [0.1, 0.15) is 12.1 Å². The van der Waals surface area contributed by atoms with Crippen LogP contribution in [0.5, 0.6) is 0 Å². The van der Waals surface area contributed by atoms with Crippen molar-refractivity contribution >= 4 is 17.7 Å². The topological polar surface area (TPSA) is 115 Å². The van der Waals surface area contributed by atoms with E-state index in [1.807, 2.05) is 26.0 Å². The number of benzene rings is 1. The maximum Gasteiger partial charge on any atom is 0.405 e. The molecule has 0 spiro atoms. The molecule has 1 aromatic carbocycles. The molecule has 0 aliphatic heterocycles. The number of pyridine rings is 1. The Kier molecular flexibility index (Phi) is 6.28. The van der Waals surface area contributed by atoms with E-state index < -0.39 is 18.0 Å². The molecule has 1 unspecified atom stereocenters. The monoisotopic (exact) mass is 352 g/mol. The summed E-state index contributed by atoms with van der Waals surface area (Å²) in [7, 11) is 0. The van der Waals surface area contributed by atoms with Crippen LogP contribution in [0.2, 0.25) is 0 Å². The Labute approximate surface area is 151 Å². The molecule has 7 nitrogen and oxygen atoms in total. The van der Waals surface area contributed by atoms with Crippen LogP contribution < -0.4 is 10.6 Å². The SMILES string of the molecule is CC(C)CC(NC(=O)O)C(=O)Nc1ccc(-c2ccncc2)cc1C#N. The highest BCUT2D eigenvalue weighted by atomic mass is 16.4. The molecule has 2 rings (SSSR count). The number of hydrogen-bond acceptors (Lipinski definition) is 4. The van der Waals surface area contributed by atoms with Gasteiger partial charge >= 0.3 is 6.09 Å². The van der Waals surface area contributed by atoms with Crippen LogP contribution in [0.25, 0.3) is 11.1 Å². The largest absolute Gasteiger partial charge is 0.465 e. The standard InChI is InChI=1S/C19H20N4O3/c1-12(2)9-17(23-19(25)26)18(24)22-16-4-3-14(10-15(16)11-20)13-5-7-21-8-6-13/h3-8,10,12,17,23H,9H2,1-2H3,(H,22,24)(H,25,26). The van der Waals surface area contributed by atoms with E-state index >= 15 is 0 Å². The summed E-state index contributed by atoms with van der Waals surface area (Å²) in [5, 5.41) is 23.2. The fourth-order valence-electron chi connectivity index (χ4n) is 2.54. The highest BCUT2D eigenvalue weighted by Gasteiger charge is 2.22. The molecule has 0 saturated heterocycles. The van der Waals surface area contributed by atoms with E-state index in [0.717, 1.165) is 11.1 Å². The third-order valence-electron chi connectivity index (χ3n) is 3.73. The average molecular weight is 352 g/mol. The molecule has 0 aliphatic carbocycles. The zero-order valence-electron chi connectivity index (χ0n) is 14.6. The van der Waals surface area contributed by atoms with Crippen molar-refractivity contribution in [2.45, 2.75) is 26.3 Å². The molecule has 2 amide bonds. The Hall–Kier alpha value is -3.40. The number of rotatable bonds is 6. The Balaban J connectivity index is 2.23. The lowest BCUT2D eigenvalue weighted by molar-refractivity contribution is -0.118. The summed E-state index contributed by atoms with van der Waals surface area (Å²) in [5.74, 6) is -0.364. The van der Waals surface area contributed by atoms with Crippen molar-refractivity contribution in [3.05, 3.63) is 48.3 Å². The number of nitriles is 1. The van der Waals surface area contributed by atoms with Gasteiger partial charge in [0.2, 0.25) is 5.91 Å². The van der Waals surface area contributed by atoms with Crippen molar-refractivity contribution in [2.75, 3.05) is 5.32 Å². The van der Waals surface area contributed by atoms with Crippen LogP contribution >= 0.6 is 0 Å². The van der Waals surface area contributed by atoms with Crippen LogP contribution in [0.3, 0.4) is 0 Å². The molecular formula is C19H20N4O3. The summed E-state index contributed by atoms with van der Waals surface area (Å²) in [4.78, 5) is 27.3. The predicted molar refractivity (Wildman–Crippen MR) is 97.4 cm³/mol. The van der Waals surface area contributed by atoms with Gasteiger partial charge in [0.25, 0.3) is 0 Å². The van der Waals surface area contributed by atoms with Crippen molar-refractivity contribution in [3.63, 3.8) is 0 Å². The van der Waals surface area contributed by atoms with Crippen molar-refractivity contribution in [3.8, 4) is 17.2 Å². The van der Waals surface area contributed by atoms with Crippen LogP contribution in [0.4, 0.5) is 10.5 Å². The van der Waals surface area contributed by atoms with Gasteiger partial charge in [-0.3, -0.25) is 9.78 Å². The van der Waals surface area contributed by atoms with Crippen molar-refractivity contribution in [1.29, 1.82) is 5.26 Å². The normalized spacial score (nSPS) is 11.5. The van der Waals surface area contributed by atoms with Gasteiger partial charge in [-0.2, -0.15) is 5.26 Å². The van der Waals surface area contributed by atoms with Crippen LogP contribution in [0, 0.1) is 17.2 Å². The number of amides is 2. The average Bonchev–Trinajstić information content (AvgIpc) is 2.61. The predicted octanol–water partition coefficient (Wildman–Crippen LogP) is 3.24. The number of nitrogens with zero attached hydrogens (tertiary/aromatic N) is 2. The zero-order chi connectivity index (χ0) is 19.1. The smallest absolute Gasteiger partial charge is 0.405 e. The summed E-state index contributed by atoms with van der Waals surface area (Å²) in [6.45, 7) is 3.79. The first-order valence-electron chi connectivity index (χ1n) is 8.15. The van der Waals surface area contributed by atoms with Gasteiger partial charge in [-0.05, 0) is 47.7 Å². The Morgan fingerprint density at radius 2 is 1.88 bits per heavy atom. The van der Waals surface area contributed by atoms with Gasteiger partial charge in [0, 0.05) is 12.4 Å². The van der Waals surface area contributed by atoms with Crippen LogP contribution in [0.1, 0.15) is 25.8 Å². The lowest BCUT2D eigenvalue weighted by atomic mass is 10.0. The lowest BCUT2D eigenvalue weighted by Crippen LogP contribution is -2.44. The van der Waals surface area contributed by atoms with E-state index in [1.165, 1.54) is 0 Å². The molecule has 1 atom stereocenters. The maximum absolute atomic E-state index is 12.5. The molecule has 0 saturated carbocycles. The molecule has 26 heavy (non-hydrogen) atoms. The Morgan fingerprint density at radius 3 is 2.46 bits per heavy atom. The molecular weight excluding hydrogens is 332 g/mol. The first kappa shape index (κ1) is 18.9. The van der Waals surface area contributed by atoms with Gasteiger partial charge < -0.3 is 15.7 Å². The number of carbonyl (C=O) groups is 2. The summed E-state index contributed by atoms with van der Waals surface area (Å²) in [5.41, 5.74) is 2.37. The number of nitrogens with one attached hydrogen (secondary N) is 2. The maximum atomic E-state index is 12.5. The molecule has 7 heteroatoms. The quantitative estimate of drug-likeness (QED) is 0.738. The molecule has 1 heterocycles. The lowest BCUT2D eigenvalue weighted by Gasteiger charge is -2.19. The summed E-state index contributed by atoms with van der Waals surface area (Å²) in [6.07, 6.45) is 2.41. The number of carboxylic acid groups (broad SMARTS) is 1. The summed E-state index contributed by atoms with van der Waals surface area (Å²) < 4.78 is 0. The number of aromatic nitrogens is 1. The zero-order valence-corrected chi connectivity index (χ0v) is 14.6. The molecule has 0 aliphatic rings. The molecule has 0 radical (unpaired) electrons. The third-order valence-corrected chi connectivity index (χ3v) is 3.73. The van der Waals surface area contributed by atoms with Gasteiger partial charge in [-0.25, -0.2) is 4.79 Å². The highest BCUT2D eigenvalue weighted by Crippen LogP contribution is 2.25. The fourth-order valence-corrected chi connectivity index (χ4v) is 2.54. The third kappa shape index (κ3) is 5.05. The second-order valence-corrected chi connectivity index (χ2v) is 6.23. The first-order chi connectivity index (χ1) is 12.4. The fraction of sp³-hybridized carbons (Fsp3) is 0.263. The van der Waals surface area contributed by atoms with Gasteiger partial charge in [-0.15, -0.1) is 0 Å². The van der Waals surface area contributed by atoms with Crippen LogP contribution in [-0.4, -0.2) is 28.1 Å². The minimum atomic E-state index is -1.26. The highest BCUT2D eigenvalue weighted by molar-refractivity contribution is 5.97. The van der Waals surface area contributed by atoms with Crippen molar-refractivity contribution in [1.82, 2.24) is 10.3 Å².